The molecule has 2 heterocycles. The molecule has 6 heteroatoms. The number of benzene rings is 1. The molecule has 0 unspecified atom stereocenters. The second-order valence-electron chi connectivity index (χ2n) is 4.67. The molecule has 0 radical (unpaired) electrons. The van der Waals surface area contributed by atoms with E-state index < -0.39 is 11.9 Å². The highest BCUT2D eigenvalue weighted by atomic mass is 16.7. The summed E-state index contributed by atoms with van der Waals surface area (Å²) in [5.41, 5.74) is 1.40. The molecule has 0 atom stereocenters. The monoisotopic (exact) mass is 297 g/mol. The number of aromatic carboxylic acids is 1. The average molecular weight is 297 g/mol. The maximum Gasteiger partial charge on any atom is 0.367 e. The van der Waals surface area contributed by atoms with Crippen LogP contribution in [-0.4, -0.2) is 22.8 Å². The predicted molar refractivity (Wildman–Crippen MR) is 78.3 cm³/mol. The molecular weight excluding hydrogens is 286 g/mol. The minimum atomic E-state index is -1.03. The van der Waals surface area contributed by atoms with Gasteiger partial charge in [0.05, 0.1) is 16.8 Å². The van der Waals surface area contributed by atoms with Crippen molar-refractivity contribution < 1.29 is 24.0 Å². The van der Waals surface area contributed by atoms with Gasteiger partial charge in [0.15, 0.2) is 0 Å². The molecule has 1 N–H and O–H groups in total. The zero-order valence-corrected chi connectivity index (χ0v) is 11.6. The van der Waals surface area contributed by atoms with E-state index in [9.17, 15) is 14.7 Å². The predicted octanol–water partition coefficient (Wildman–Crippen LogP) is 2.96. The molecule has 0 saturated heterocycles. The molecule has 1 aromatic heterocycles. The van der Waals surface area contributed by atoms with Gasteiger partial charge in [0.25, 0.3) is 0 Å². The third-order valence-electron chi connectivity index (χ3n) is 3.21. The zero-order valence-electron chi connectivity index (χ0n) is 11.6. The largest absolute Gasteiger partial charge is 0.478 e. The maximum atomic E-state index is 11.5. The van der Waals surface area contributed by atoms with Gasteiger partial charge in [-0.3, -0.25) is 0 Å². The van der Waals surface area contributed by atoms with Gasteiger partial charge in [0, 0.05) is 5.56 Å². The first-order valence-electron chi connectivity index (χ1n) is 6.47. The van der Waals surface area contributed by atoms with Crippen LogP contribution in [0.3, 0.4) is 0 Å². The van der Waals surface area contributed by atoms with E-state index in [4.69, 9.17) is 4.42 Å². The van der Waals surface area contributed by atoms with Gasteiger partial charge >= 0.3 is 11.9 Å². The Labute approximate surface area is 125 Å². The van der Waals surface area contributed by atoms with Crippen LogP contribution in [0.1, 0.15) is 23.0 Å². The second-order valence-corrected chi connectivity index (χ2v) is 4.67. The van der Waals surface area contributed by atoms with Crippen molar-refractivity contribution in [3.63, 3.8) is 0 Å². The van der Waals surface area contributed by atoms with Gasteiger partial charge in [0.1, 0.15) is 11.5 Å². The van der Waals surface area contributed by atoms with E-state index in [1.807, 2.05) is 0 Å². The van der Waals surface area contributed by atoms with Crippen LogP contribution in [0.4, 0.5) is 0 Å². The molecule has 1 aliphatic rings. The Morgan fingerprint density at radius 2 is 2.00 bits per heavy atom. The van der Waals surface area contributed by atoms with Crippen LogP contribution >= 0.6 is 0 Å². The number of carbonyl (C=O) groups is 2. The van der Waals surface area contributed by atoms with E-state index in [1.54, 1.807) is 37.3 Å². The second kappa shape index (κ2) is 5.33. The van der Waals surface area contributed by atoms with Crippen molar-refractivity contribution in [1.82, 2.24) is 0 Å². The van der Waals surface area contributed by atoms with Gasteiger partial charge in [-0.05, 0) is 31.2 Å². The van der Waals surface area contributed by atoms with Crippen LogP contribution in [0.5, 0.6) is 0 Å². The number of rotatable bonds is 3. The molecule has 0 spiro atoms. The fourth-order valence-electron chi connectivity index (χ4n) is 2.12. The van der Waals surface area contributed by atoms with E-state index in [2.05, 4.69) is 9.99 Å². The Morgan fingerprint density at radius 1 is 1.23 bits per heavy atom. The summed E-state index contributed by atoms with van der Waals surface area (Å²) in [4.78, 5) is 27.3. The highest BCUT2D eigenvalue weighted by Crippen LogP contribution is 2.27. The fraction of sp³-hybridized carbons (Fsp3) is 0.0625. The number of carboxylic acids is 1. The van der Waals surface area contributed by atoms with E-state index in [1.165, 1.54) is 12.1 Å². The molecule has 0 saturated carbocycles. The number of nitrogens with zero attached hydrogens (tertiary/aromatic N) is 1. The Kier molecular flexibility index (Phi) is 3.34. The summed E-state index contributed by atoms with van der Waals surface area (Å²) < 4.78 is 5.62. The summed E-state index contributed by atoms with van der Waals surface area (Å²) in [6.45, 7) is 1.65. The summed E-state index contributed by atoms with van der Waals surface area (Å²) in [6, 6.07) is 9.85. The lowest BCUT2D eigenvalue weighted by atomic mass is 10.1. The number of carbonyl (C=O) groups excluding carboxylic acids is 1. The summed E-state index contributed by atoms with van der Waals surface area (Å²) in [5, 5.41) is 12.8. The Hall–Kier alpha value is -3.15. The van der Waals surface area contributed by atoms with Gasteiger partial charge in [-0.25, -0.2) is 9.59 Å². The van der Waals surface area contributed by atoms with Crippen molar-refractivity contribution in [3.8, 4) is 11.3 Å². The molecular formula is C16H11NO5. The maximum absolute atomic E-state index is 11.5. The summed E-state index contributed by atoms with van der Waals surface area (Å²) in [5.74, 6) is -0.750. The summed E-state index contributed by atoms with van der Waals surface area (Å²) in [7, 11) is 0. The lowest BCUT2D eigenvalue weighted by Gasteiger charge is -2.02. The highest BCUT2D eigenvalue weighted by molar-refractivity contribution is 6.24. The normalized spacial score (nSPS) is 15.8. The molecule has 0 amide bonds. The van der Waals surface area contributed by atoms with Crippen LogP contribution in [0, 0.1) is 0 Å². The van der Waals surface area contributed by atoms with Crippen molar-refractivity contribution in [2.24, 2.45) is 5.16 Å². The number of hydrogen-bond acceptors (Lipinski definition) is 5. The van der Waals surface area contributed by atoms with Crippen LogP contribution in [-0.2, 0) is 9.63 Å². The first-order valence-corrected chi connectivity index (χ1v) is 6.47. The van der Waals surface area contributed by atoms with E-state index >= 15 is 0 Å². The lowest BCUT2D eigenvalue weighted by Crippen LogP contribution is -2.01. The van der Waals surface area contributed by atoms with Gasteiger partial charge in [-0.1, -0.05) is 23.4 Å². The standard InChI is InChI=1S/C16H11NO5/c1-9-13(16(20)22-17-9)8-10-6-7-14(21-10)11-4-2-3-5-12(11)15(18)19/h2-8H,1H3,(H,18,19)/b13-8-. The number of furan rings is 1. The Balaban J connectivity index is 1.99. The van der Waals surface area contributed by atoms with Crippen LogP contribution in [0.25, 0.3) is 17.4 Å². The van der Waals surface area contributed by atoms with E-state index in [-0.39, 0.29) is 5.56 Å². The van der Waals surface area contributed by atoms with Crippen molar-refractivity contribution in [3.05, 3.63) is 53.3 Å². The Bertz CT molecular complexity index is 829. The average Bonchev–Trinajstić information content (AvgIpc) is 3.09. The third kappa shape index (κ3) is 2.42. The number of hydrogen-bond donors (Lipinski definition) is 1. The molecule has 1 aliphatic heterocycles. The van der Waals surface area contributed by atoms with Crippen LogP contribution < -0.4 is 0 Å². The van der Waals surface area contributed by atoms with Gasteiger partial charge < -0.3 is 14.4 Å². The highest BCUT2D eigenvalue weighted by Gasteiger charge is 2.22. The number of carboxylic acid groups (broad SMARTS) is 1. The lowest BCUT2D eigenvalue weighted by molar-refractivity contribution is -0.136. The Morgan fingerprint density at radius 3 is 2.68 bits per heavy atom. The van der Waals surface area contributed by atoms with Crippen LogP contribution in [0.2, 0.25) is 0 Å². The van der Waals surface area contributed by atoms with E-state index in [0.29, 0.717) is 28.4 Å². The van der Waals surface area contributed by atoms with Crippen molar-refractivity contribution in [2.75, 3.05) is 0 Å². The molecule has 0 bridgehead atoms. The van der Waals surface area contributed by atoms with Gasteiger partial charge in [-0.15, -0.1) is 0 Å². The molecule has 0 fully saturated rings. The van der Waals surface area contributed by atoms with Crippen molar-refractivity contribution in [2.45, 2.75) is 6.92 Å². The first kappa shape index (κ1) is 13.8. The minimum absolute atomic E-state index is 0.147. The van der Waals surface area contributed by atoms with Crippen molar-refractivity contribution in [1.29, 1.82) is 0 Å². The van der Waals surface area contributed by atoms with Gasteiger partial charge in [-0.2, -0.15) is 0 Å². The molecule has 22 heavy (non-hydrogen) atoms. The smallest absolute Gasteiger partial charge is 0.367 e. The van der Waals surface area contributed by atoms with Crippen molar-refractivity contribution >= 4 is 23.7 Å². The molecule has 6 nitrogen and oxygen atoms in total. The topological polar surface area (TPSA) is 89.1 Å². The van der Waals surface area contributed by atoms with Gasteiger partial charge in [0.2, 0.25) is 0 Å². The van der Waals surface area contributed by atoms with Crippen LogP contribution in [0.15, 0.2) is 51.5 Å². The molecule has 3 rings (SSSR count). The molecule has 1 aromatic carbocycles. The van der Waals surface area contributed by atoms with E-state index in [0.717, 1.165) is 0 Å². The molecule has 0 aliphatic carbocycles. The fourth-order valence-corrected chi connectivity index (χ4v) is 2.12. The zero-order chi connectivity index (χ0) is 15.7. The quantitative estimate of drug-likeness (QED) is 0.695. The third-order valence-corrected chi connectivity index (χ3v) is 3.21. The number of oxime groups is 1. The summed E-state index contributed by atoms with van der Waals surface area (Å²) in [6.07, 6.45) is 1.51. The molecule has 2 aromatic rings. The minimum Gasteiger partial charge on any atom is -0.478 e. The first-order chi connectivity index (χ1) is 10.6. The summed E-state index contributed by atoms with van der Waals surface area (Å²) >= 11 is 0. The SMILES string of the molecule is CC1=NOC(=O)/C1=C\c1ccc(-c2ccccc2C(=O)O)o1. The molecule has 110 valence electrons.